The monoisotopic (exact) mass is 434 g/mol. The highest BCUT2D eigenvalue weighted by Gasteiger charge is 2.16. The van der Waals surface area contributed by atoms with Crippen molar-refractivity contribution < 1.29 is 19.1 Å². The maximum absolute atomic E-state index is 12.8. The topological polar surface area (TPSA) is 76.7 Å². The molecule has 0 radical (unpaired) electrons. The van der Waals surface area contributed by atoms with Gasteiger partial charge in [0.25, 0.3) is 5.91 Å². The van der Waals surface area contributed by atoms with Crippen LogP contribution >= 0.6 is 12.2 Å². The molecule has 158 valence electrons. The lowest BCUT2D eigenvalue weighted by molar-refractivity contribution is 0.0602. The van der Waals surface area contributed by atoms with Gasteiger partial charge in [-0.25, -0.2) is 4.79 Å². The highest BCUT2D eigenvalue weighted by atomic mass is 32.1. The van der Waals surface area contributed by atoms with Crippen LogP contribution in [-0.4, -0.2) is 30.7 Å². The number of anilines is 1. The maximum Gasteiger partial charge on any atom is 0.339 e. The minimum absolute atomic E-state index is 0.0560. The van der Waals surface area contributed by atoms with Crippen molar-refractivity contribution in [2.45, 2.75) is 6.42 Å². The molecule has 0 spiro atoms. The van der Waals surface area contributed by atoms with E-state index in [1.165, 1.54) is 7.11 Å². The van der Waals surface area contributed by atoms with Gasteiger partial charge in [-0.3, -0.25) is 10.1 Å². The Labute approximate surface area is 186 Å². The zero-order chi connectivity index (χ0) is 22.1. The Balaban J connectivity index is 1.63. The lowest BCUT2D eigenvalue weighted by Gasteiger charge is -2.14. The number of nitrogens with one attached hydrogen (secondary N) is 2. The van der Waals surface area contributed by atoms with Crippen molar-refractivity contribution >= 4 is 34.9 Å². The van der Waals surface area contributed by atoms with Crippen LogP contribution in [0.1, 0.15) is 26.3 Å². The molecule has 6 nitrogen and oxygen atoms in total. The standard InChI is InChI=1S/C24H22N2O4S/c1-29-23(28)18-11-5-7-13-20(18)25-24(31)26-22(27)19-12-6-8-14-21(19)30-16-15-17-9-3-2-4-10-17/h2-14H,15-16H2,1H3,(H2,25,26,27,31). The first-order chi connectivity index (χ1) is 15.1. The normalized spacial score (nSPS) is 10.1. The van der Waals surface area contributed by atoms with Gasteiger partial charge in [0.1, 0.15) is 5.75 Å². The molecule has 0 aliphatic carbocycles. The van der Waals surface area contributed by atoms with Gasteiger partial charge in [-0.05, 0) is 42.0 Å². The van der Waals surface area contributed by atoms with Crippen LogP contribution in [0.4, 0.5) is 5.69 Å². The summed E-state index contributed by atoms with van der Waals surface area (Å²) in [7, 11) is 1.30. The number of esters is 1. The molecule has 3 rings (SSSR count). The average molecular weight is 435 g/mol. The second kappa shape index (κ2) is 10.9. The van der Waals surface area contributed by atoms with Crippen molar-refractivity contribution in [3.05, 3.63) is 95.6 Å². The number of carbonyl (C=O) groups excluding carboxylic acids is 2. The molecule has 0 aliphatic rings. The number of hydrogen-bond donors (Lipinski definition) is 2. The summed E-state index contributed by atoms with van der Waals surface area (Å²) < 4.78 is 10.6. The number of benzene rings is 3. The fraction of sp³-hybridized carbons (Fsp3) is 0.125. The van der Waals surface area contributed by atoms with Crippen LogP contribution < -0.4 is 15.4 Å². The van der Waals surface area contributed by atoms with Crippen LogP contribution in [0.3, 0.4) is 0 Å². The number of hydrogen-bond acceptors (Lipinski definition) is 5. The van der Waals surface area contributed by atoms with Gasteiger partial charge in [0.15, 0.2) is 5.11 Å². The van der Waals surface area contributed by atoms with E-state index in [9.17, 15) is 9.59 Å². The molecule has 0 saturated heterocycles. The molecule has 1 amide bonds. The van der Waals surface area contributed by atoms with E-state index in [1.54, 1.807) is 48.5 Å². The summed E-state index contributed by atoms with van der Waals surface area (Å²) in [6, 6.07) is 23.7. The van der Waals surface area contributed by atoms with E-state index in [4.69, 9.17) is 21.7 Å². The zero-order valence-electron chi connectivity index (χ0n) is 17.0. The Morgan fingerprint density at radius 1 is 0.871 bits per heavy atom. The first-order valence-corrected chi connectivity index (χ1v) is 10.0. The van der Waals surface area contributed by atoms with Gasteiger partial charge in [0.2, 0.25) is 0 Å². The van der Waals surface area contributed by atoms with E-state index in [1.807, 2.05) is 30.3 Å². The molecule has 2 N–H and O–H groups in total. The molecule has 0 fully saturated rings. The Morgan fingerprint density at radius 2 is 1.52 bits per heavy atom. The van der Waals surface area contributed by atoms with Gasteiger partial charge in [-0.1, -0.05) is 54.6 Å². The fourth-order valence-electron chi connectivity index (χ4n) is 2.91. The minimum Gasteiger partial charge on any atom is -0.492 e. The molecule has 0 aliphatic heterocycles. The molecule has 0 saturated carbocycles. The van der Waals surface area contributed by atoms with Crippen molar-refractivity contribution in [3.63, 3.8) is 0 Å². The Hall–Kier alpha value is -3.71. The SMILES string of the molecule is COC(=O)c1ccccc1NC(=S)NC(=O)c1ccccc1OCCc1ccccc1. The first-order valence-electron chi connectivity index (χ1n) is 9.64. The van der Waals surface area contributed by atoms with Gasteiger partial charge in [0.05, 0.1) is 30.5 Å². The molecule has 0 atom stereocenters. The van der Waals surface area contributed by atoms with Crippen molar-refractivity contribution in [2.75, 3.05) is 19.0 Å². The Morgan fingerprint density at radius 3 is 2.26 bits per heavy atom. The smallest absolute Gasteiger partial charge is 0.339 e. The molecule has 7 heteroatoms. The highest BCUT2D eigenvalue weighted by Crippen LogP contribution is 2.19. The minimum atomic E-state index is -0.505. The van der Waals surface area contributed by atoms with E-state index in [0.717, 1.165) is 12.0 Å². The number of methoxy groups -OCH3 is 1. The van der Waals surface area contributed by atoms with E-state index in [-0.39, 0.29) is 5.11 Å². The molecular weight excluding hydrogens is 412 g/mol. The summed E-state index contributed by atoms with van der Waals surface area (Å²) >= 11 is 5.25. The van der Waals surface area contributed by atoms with Gasteiger partial charge in [-0.2, -0.15) is 0 Å². The van der Waals surface area contributed by atoms with Crippen LogP contribution in [0.2, 0.25) is 0 Å². The summed E-state index contributed by atoms with van der Waals surface area (Å²) in [4.78, 5) is 24.7. The van der Waals surface area contributed by atoms with E-state index in [2.05, 4.69) is 10.6 Å². The van der Waals surface area contributed by atoms with Crippen molar-refractivity contribution in [1.82, 2.24) is 5.32 Å². The molecular formula is C24H22N2O4S. The summed E-state index contributed by atoms with van der Waals surface area (Å²) in [5, 5.41) is 5.55. The number of ether oxygens (including phenoxy) is 2. The highest BCUT2D eigenvalue weighted by molar-refractivity contribution is 7.80. The second-order valence-electron chi connectivity index (χ2n) is 6.53. The first kappa shape index (κ1) is 22.0. The van der Waals surface area contributed by atoms with Crippen LogP contribution in [0.5, 0.6) is 5.75 Å². The fourth-order valence-corrected chi connectivity index (χ4v) is 3.11. The molecule has 3 aromatic rings. The average Bonchev–Trinajstić information content (AvgIpc) is 2.80. The Kier molecular flexibility index (Phi) is 7.73. The van der Waals surface area contributed by atoms with Gasteiger partial charge in [0, 0.05) is 6.42 Å². The summed E-state index contributed by atoms with van der Waals surface area (Å²) in [6.07, 6.45) is 0.723. The molecule has 31 heavy (non-hydrogen) atoms. The van der Waals surface area contributed by atoms with E-state index >= 15 is 0 Å². The van der Waals surface area contributed by atoms with Crippen molar-refractivity contribution in [2.24, 2.45) is 0 Å². The lowest BCUT2D eigenvalue weighted by atomic mass is 10.1. The van der Waals surface area contributed by atoms with Crippen LogP contribution in [0.25, 0.3) is 0 Å². The predicted octanol–water partition coefficient (Wildman–Crippen LogP) is 4.22. The van der Waals surface area contributed by atoms with Gasteiger partial charge < -0.3 is 14.8 Å². The van der Waals surface area contributed by atoms with Crippen molar-refractivity contribution in [1.29, 1.82) is 0 Å². The number of para-hydroxylation sites is 2. The third kappa shape index (κ3) is 6.13. The second-order valence-corrected chi connectivity index (χ2v) is 6.93. The number of carbonyl (C=O) groups is 2. The molecule has 0 aromatic heterocycles. The van der Waals surface area contributed by atoms with Crippen molar-refractivity contribution in [3.8, 4) is 5.75 Å². The Bertz CT molecular complexity index is 1070. The van der Waals surface area contributed by atoms with E-state index in [0.29, 0.717) is 29.2 Å². The number of thiocarbonyl (C=S) groups is 1. The summed E-state index contributed by atoms with van der Waals surface area (Å²) in [5.41, 5.74) is 2.26. The van der Waals surface area contributed by atoms with Crippen LogP contribution in [0.15, 0.2) is 78.9 Å². The summed E-state index contributed by atoms with van der Waals surface area (Å²) in [6.45, 7) is 0.434. The molecule has 0 unspecified atom stereocenters. The number of amides is 1. The van der Waals surface area contributed by atoms with Gasteiger partial charge in [-0.15, -0.1) is 0 Å². The van der Waals surface area contributed by atoms with E-state index < -0.39 is 11.9 Å². The molecule has 0 heterocycles. The molecule has 3 aromatic carbocycles. The zero-order valence-corrected chi connectivity index (χ0v) is 17.8. The summed E-state index contributed by atoms with van der Waals surface area (Å²) in [5.74, 6) is -0.452. The molecule has 0 bridgehead atoms. The van der Waals surface area contributed by atoms with Crippen LogP contribution in [-0.2, 0) is 11.2 Å². The number of rotatable bonds is 7. The van der Waals surface area contributed by atoms with Gasteiger partial charge >= 0.3 is 5.97 Å². The third-order valence-electron chi connectivity index (χ3n) is 4.43. The lowest BCUT2D eigenvalue weighted by Crippen LogP contribution is -2.34. The third-order valence-corrected chi connectivity index (χ3v) is 4.63. The van der Waals surface area contributed by atoms with Crippen LogP contribution in [0, 0.1) is 0 Å². The maximum atomic E-state index is 12.8. The largest absolute Gasteiger partial charge is 0.492 e. The quantitative estimate of drug-likeness (QED) is 0.428. The predicted molar refractivity (Wildman–Crippen MR) is 124 cm³/mol.